The summed E-state index contributed by atoms with van der Waals surface area (Å²) in [4.78, 5) is 19.0. The molecule has 1 aromatic heterocycles. The summed E-state index contributed by atoms with van der Waals surface area (Å²) < 4.78 is 0. The van der Waals surface area contributed by atoms with Crippen LogP contribution in [0.1, 0.15) is 23.5 Å². The zero-order valence-corrected chi connectivity index (χ0v) is 19.5. The number of aliphatic hydroxyl groups is 1. The van der Waals surface area contributed by atoms with Crippen LogP contribution in [0, 0.1) is 0 Å². The van der Waals surface area contributed by atoms with Crippen LogP contribution in [0.25, 0.3) is 16.8 Å². The van der Waals surface area contributed by atoms with Crippen molar-refractivity contribution in [1.82, 2.24) is 9.80 Å². The van der Waals surface area contributed by atoms with E-state index in [9.17, 15) is 9.90 Å². The van der Waals surface area contributed by atoms with E-state index in [2.05, 4.69) is 48.4 Å². The molecule has 1 N–H and O–H groups in total. The molecule has 1 fully saturated rings. The monoisotopic (exact) mass is 452 g/mol. The lowest BCUT2D eigenvalue weighted by molar-refractivity contribution is -0.128. The van der Waals surface area contributed by atoms with Gasteiger partial charge in [-0.15, -0.1) is 23.1 Å². The van der Waals surface area contributed by atoms with Crippen molar-refractivity contribution in [2.45, 2.75) is 24.0 Å². The number of carbonyl (C=O) groups is 1. The Morgan fingerprint density at radius 1 is 1.10 bits per heavy atom. The molecule has 0 bridgehead atoms. The topological polar surface area (TPSA) is 43.8 Å². The molecule has 1 amide bonds. The maximum atomic E-state index is 12.5. The number of hydrogen-bond donors (Lipinski definition) is 1. The summed E-state index contributed by atoms with van der Waals surface area (Å²) in [5.74, 6) is 0.0559. The molecule has 1 aliphatic rings. The summed E-state index contributed by atoms with van der Waals surface area (Å²) in [6.07, 6.45) is 5.06. The number of hydrogen-bond acceptors (Lipinski definition) is 5. The zero-order chi connectivity index (χ0) is 21.8. The van der Waals surface area contributed by atoms with E-state index in [-0.39, 0.29) is 11.9 Å². The fraction of sp³-hybridized carbons (Fsp3) is 0.320. The van der Waals surface area contributed by atoms with Gasteiger partial charge in [-0.2, -0.15) is 0 Å². The van der Waals surface area contributed by atoms with Gasteiger partial charge in [-0.3, -0.25) is 9.69 Å². The molecular weight excluding hydrogens is 424 g/mol. The second-order valence-electron chi connectivity index (χ2n) is 7.87. The molecule has 4 rings (SSSR count). The van der Waals surface area contributed by atoms with Crippen LogP contribution < -0.4 is 0 Å². The quantitative estimate of drug-likeness (QED) is 0.427. The molecule has 0 spiro atoms. The van der Waals surface area contributed by atoms with Crippen molar-refractivity contribution >= 4 is 45.9 Å². The number of piperazine rings is 1. The SMILES string of the molecule is CSc1ccc2cc(C(O)C(C)N3CCN(C(=O)C=Cc4cccs4)CC3)ccc2c1. The molecule has 0 saturated carbocycles. The van der Waals surface area contributed by atoms with Crippen molar-refractivity contribution in [3.63, 3.8) is 0 Å². The molecule has 31 heavy (non-hydrogen) atoms. The highest BCUT2D eigenvalue weighted by atomic mass is 32.2. The second kappa shape index (κ2) is 10.0. The van der Waals surface area contributed by atoms with Crippen LogP contribution >= 0.6 is 23.1 Å². The number of aliphatic hydroxyl groups excluding tert-OH is 1. The molecule has 2 heterocycles. The first-order valence-corrected chi connectivity index (χ1v) is 12.7. The zero-order valence-electron chi connectivity index (χ0n) is 17.9. The Hall–Kier alpha value is -2.12. The number of carbonyl (C=O) groups excluding carboxylic acids is 1. The van der Waals surface area contributed by atoms with Gasteiger partial charge in [-0.05, 0) is 65.2 Å². The average Bonchev–Trinajstić information content (AvgIpc) is 3.34. The summed E-state index contributed by atoms with van der Waals surface area (Å²) in [5, 5.41) is 15.4. The van der Waals surface area contributed by atoms with Gasteiger partial charge in [0.1, 0.15) is 0 Å². The Balaban J connectivity index is 1.36. The minimum absolute atomic E-state index is 0.0122. The minimum Gasteiger partial charge on any atom is -0.387 e. The van der Waals surface area contributed by atoms with E-state index in [0.29, 0.717) is 13.1 Å². The third-order valence-electron chi connectivity index (χ3n) is 6.01. The fourth-order valence-electron chi connectivity index (χ4n) is 4.03. The lowest BCUT2D eigenvalue weighted by Gasteiger charge is -2.39. The van der Waals surface area contributed by atoms with Crippen molar-refractivity contribution in [2.75, 3.05) is 32.4 Å². The standard InChI is InChI=1S/C25H28N2O2S2/c1-18(25(29)21-6-5-20-17-23(30-2)8-7-19(20)16-21)26-11-13-27(14-12-26)24(28)10-9-22-4-3-15-31-22/h3-10,15-18,25,29H,11-14H2,1-2H3. The van der Waals surface area contributed by atoms with Crippen LogP contribution in [0.15, 0.2) is 64.9 Å². The van der Waals surface area contributed by atoms with Gasteiger partial charge in [0, 0.05) is 48.1 Å². The van der Waals surface area contributed by atoms with Gasteiger partial charge in [0.05, 0.1) is 6.10 Å². The highest BCUT2D eigenvalue weighted by Crippen LogP contribution is 2.28. The van der Waals surface area contributed by atoms with E-state index in [4.69, 9.17) is 0 Å². The van der Waals surface area contributed by atoms with Crippen molar-refractivity contribution < 1.29 is 9.90 Å². The number of thioether (sulfide) groups is 1. The summed E-state index contributed by atoms with van der Waals surface area (Å²) in [5.41, 5.74) is 0.939. The molecule has 0 radical (unpaired) electrons. The largest absolute Gasteiger partial charge is 0.387 e. The number of thiophene rings is 1. The molecule has 2 unspecified atom stereocenters. The molecule has 2 aromatic carbocycles. The van der Waals surface area contributed by atoms with Crippen LogP contribution in [-0.2, 0) is 4.79 Å². The smallest absolute Gasteiger partial charge is 0.246 e. The molecule has 1 aliphatic heterocycles. The Kier molecular flexibility index (Phi) is 7.13. The van der Waals surface area contributed by atoms with Gasteiger partial charge in [-0.1, -0.05) is 24.3 Å². The van der Waals surface area contributed by atoms with E-state index >= 15 is 0 Å². The summed E-state index contributed by atoms with van der Waals surface area (Å²) in [6, 6.07) is 16.6. The van der Waals surface area contributed by atoms with E-state index in [0.717, 1.165) is 28.9 Å². The van der Waals surface area contributed by atoms with E-state index in [1.807, 2.05) is 34.6 Å². The molecule has 0 aliphatic carbocycles. The summed E-state index contributed by atoms with van der Waals surface area (Å²) in [7, 11) is 0. The Morgan fingerprint density at radius 3 is 2.55 bits per heavy atom. The first-order chi connectivity index (χ1) is 15.0. The van der Waals surface area contributed by atoms with Gasteiger partial charge >= 0.3 is 0 Å². The van der Waals surface area contributed by atoms with Crippen LogP contribution in [0.4, 0.5) is 0 Å². The third-order valence-corrected chi connectivity index (χ3v) is 7.57. The van der Waals surface area contributed by atoms with Crippen molar-refractivity contribution in [1.29, 1.82) is 0 Å². The minimum atomic E-state index is -0.564. The lowest BCUT2D eigenvalue weighted by Crippen LogP contribution is -2.52. The van der Waals surface area contributed by atoms with E-state index < -0.39 is 6.10 Å². The van der Waals surface area contributed by atoms with Gasteiger partial charge in [0.2, 0.25) is 5.91 Å². The fourth-order valence-corrected chi connectivity index (χ4v) is 5.09. The van der Waals surface area contributed by atoms with Gasteiger partial charge < -0.3 is 10.0 Å². The number of rotatable bonds is 6. The van der Waals surface area contributed by atoms with Gasteiger partial charge in [0.15, 0.2) is 0 Å². The van der Waals surface area contributed by atoms with Gasteiger partial charge in [-0.25, -0.2) is 0 Å². The Morgan fingerprint density at radius 2 is 1.84 bits per heavy atom. The lowest BCUT2D eigenvalue weighted by atomic mass is 9.98. The number of benzene rings is 2. The van der Waals surface area contributed by atoms with Crippen molar-refractivity contribution in [2.24, 2.45) is 0 Å². The van der Waals surface area contributed by atoms with Crippen LogP contribution in [-0.4, -0.2) is 59.3 Å². The van der Waals surface area contributed by atoms with E-state index in [1.54, 1.807) is 29.2 Å². The third kappa shape index (κ3) is 5.21. The highest BCUT2D eigenvalue weighted by molar-refractivity contribution is 7.98. The van der Waals surface area contributed by atoms with Crippen LogP contribution in [0.2, 0.25) is 0 Å². The highest BCUT2D eigenvalue weighted by Gasteiger charge is 2.27. The van der Waals surface area contributed by atoms with Crippen LogP contribution in [0.3, 0.4) is 0 Å². The first kappa shape index (κ1) is 22.1. The summed E-state index contributed by atoms with van der Waals surface area (Å²) in [6.45, 7) is 4.96. The molecule has 1 saturated heterocycles. The molecule has 2 atom stereocenters. The maximum absolute atomic E-state index is 12.5. The Bertz CT molecular complexity index is 1060. The number of amides is 1. The van der Waals surface area contributed by atoms with E-state index in [1.165, 1.54) is 10.3 Å². The van der Waals surface area contributed by atoms with Gasteiger partial charge in [0.25, 0.3) is 0 Å². The van der Waals surface area contributed by atoms with Crippen molar-refractivity contribution in [3.05, 3.63) is 70.4 Å². The normalized spacial score (nSPS) is 17.3. The first-order valence-electron chi connectivity index (χ1n) is 10.6. The average molecular weight is 453 g/mol. The van der Waals surface area contributed by atoms with Crippen LogP contribution in [0.5, 0.6) is 0 Å². The Labute approximate surface area is 192 Å². The number of nitrogens with zero attached hydrogens (tertiary/aromatic N) is 2. The van der Waals surface area contributed by atoms with Crippen molar-refractivity contribution in [3.8, 4) is 0 Å². The summed E-state index contributed by atoms with van der Waals surface area (Å²) >= 11 is 3.36. The second-order valence-corrected chi connectivity index (χ2v) is 9.73. The maximum Gasteiger partial charge on any atom is 0.246 e. The predicted molar refractivity (Wildman–Crippen MR) is 132 cm³/mol. The predicted octanol–water partition coefficient (Wildman–Crippen LogP) is 4.90. The molecule has 6 heteroatoms. The molecule has 3 aromatic rings. The molecule has 162 valence electrons. The number of fused-ring (bicyclic) bond motifs is 1. The molecule has 4 nitrogen and oxygen atoms in total. The molecular formula is C25H28N2O2S2.